The lowest BCUT2D eigenvalue weighted by atomic mass is 9.94. The Morgan fingerprint density at radius 3 is 2.52 bits per heavy atom. The van der Waals surface area contributed by atoms with Crippen molar-refractivity contribution in [2.45, 2.75) is 13.0 Å². The average molecular weight is 447 g/mol. The Kier molecular flexibility index (Phi) is 5.74. The molecule has 2 aliphatic rings. The van der Waals surface area contributed by atoms with Crippen molar-refractivity contribution in [3.05, 3.63) is 82.8 Å². The Labute approximate surface area is 191 Å². The maximum Gasteiger partial charge on any atom is 0.290 e. The van der Waals surface area contributed by atoms with Gasteiger partial charge in [0.15, 0.2) is 11.5 Å². The van der Waals surface area contributed by atoms with Crippen LogP contribution in [0.25, 0.3) is 11.0 Å². The van der Waals surface area contributed by atoms with Gasteiger partial charge in [0.2, 0.25) is 5.78 Å². The molecule has 0 unspecified atom stereocenters. The predicted octanol–water partition coefficient (Wildman–Crippen LogP) is 3.65. The molecule has 1 aromatic heterocycles. The summed E-state index contributed by atoms with van der Waals surface area (Å²) in [6, 6.07) is 16.0. The fraction of sp³-hybridized carbons (Fsp3) is 0.308. The SMILES string of the molecule is Cc1ccc([C@@H]2C(C(=O)c3cc4ccccc4o3)=C(O)C(=O)N2CCN2CCOCC2)cc1. The van der Waals surface area contributed by atoms with E-state index in [2.05, 4.69) is 4.90 Å². The van der Waals surface area contributed by atoms with Gasteiger partial charge in [0, 0.05) is 31.6 Å². The molecule has 0 saturated carbocycles. The highest BCUT2D eigenvalue weighted by atomic mass is 16.5. The van der Waals surface area contributed by atoms with Crippen molar-refractivity contribution in [1.29, 1.82) is 0 Å². The van der Waals surface area contributed by atoms with Crippen LogP contribution in [0.15, 0.2) is 70.3 Å². The minimum Gasteiger partial charge on any atom is -0.503 e. The van der Waals surface area contributed by atoms with Gasteiger partial charge in [0.05, 0.1) is 24.8 Å². The largest absolute Gasteiger partial charge is 0.503 e. The summed E-state index contributed by atoms with van der Waals surface area (Å²) in [4.78, 5) is 30.5. The highest BCUT2D eigenvalue weighted by molar-refractivity contribution is 6.16. The number of Topliss-reactive ketones (excluding diaryl/α,β-unsaturated/α-hetero) is 1. The molecule has 1 amide bonds. The number of benzene rings is 2. The quantitative estimate of drug-likeness (QED) is 0.582. The molecule has 1 atom stereocenters. The van der Waals surface area contributed by atoms with Crippen molar-refractivity contribution in [3.63, 3.8) is 0 Å². The Bertz CT molecular complexity index is 1190. The molecule has 170 valence electrons. The van der Waals surface area contributed by atoms with E-state index in [1.807, 2.05) is 49.4 Å². The number of morpholine rings is 1. The van der Waals surface area contributed by atoms with Crippen LogP contribution in [0.1, 0.15) is 27.7 Å². The fourth-order valence-electron chi connectivity index (χ4n) is 4.51. The molecule has 1 saturated heterocycles. The highest BCUT2D eigenvalue weighted by Crippen LogP contribution is 2.39. The molecule has 0 spiro atoms. The van der Waals surface area contributed by atoms with Gasteiger partial charge in [-0.3, -0.25) is 14.5 Å². The lowest BCUT2D eigenvalue weighted by molar-refractivity contribution is -0.129. The van der Waals surface area contributed by atoms with Crippen LogP contribution in [0.2, 0.25) is 0 Å². The van der Waals surface area contributed by atoms with Gasteiger partial charge in [0.25, 0.3) is 5.91 Å². The van der Waals surface area contributed by atoms with E-state index in [1.165, 1.54) is 0 Å². The average Bonchev–Trinajstić information content (AvgIpc) is 3.38. The first kappa shape index (κ1) is 21.4. The summed E-state index contributed by atoms with van der Waals surface area (Å²) < 4.78 is 11.2. The maximum atomic E-state index is 13.6. The molecule has 3 aromatic rings. The van der Waals surface area contributed by atoms with E-state index in [0.717, 1.165) is 29.6 Å². The summed E-state index contributed by atoms with van der Waals surface area (Å²) in [6.45, 7) is 5.91. The minimum absolute atomic E-state index is 0.0601. The van der Waals surface area contributed by atoms with Crippen molar-refractivity contribution in [3.8, 4) is 0 Å². The number of aliphatic hydroxyl groups excluding tert-OH is 1. The molecule has 0 aliphatic carbocycles. The van der Waals surface area contributed by atoms with Gasteiger partial charge in [-0.2, -0.15) is 0 Å². The summed E-state index contributed by atoms with van der Waals surface area (Å²) in [5, 5.41) is 11.6. The highest BCUT2D eigenvalue weighted by Gasteiger charge is 2.44. The number of rotatable bonds is 6. The molecule has 5 rings (SSSR count). The monoisotopic (exact) mass is 446 g/mol. The number of carbonyl (C=O) groups excluding carboxylic acids is 2. The van der Waals surface area contributed by atoms with Gasteiger partial charge in [-0.15, -0.1) is 0 Å². The second kappa shape index (κ2) is 8.84. The van der Waals surface area contributed by atoms with Gasteiger partial charge < -0.3 is 19.2 Å². The van der Waals surface area contributed by atoms with Crippen molar-refractivity contribution in [2.75, 3.05) is 39.4 Å². The second-order valence-electron chi connectivity index (χ2n) is 8.51. The van der Waals surface area contributed by atoms with Crippen molar-refractivity contribution < 1.29 is 23.8 Å². The molecule has 7 heteroatoms. The number of amides is 1. The van der Waals surface area contributed by atoms with Gasteiger partial charge in [-0.1, -0.05) is 48.0 Å². The molecular weight excluding hydrogens is 420 g/mol. The number of carbonyl (C=O) groups is 2. The van der Waals surface area contributed by atoms with Gasteiger partial charge in [-0.25, -0.2) is 0 Å². The zero-order chi connectivity index (χ0) is 22.9. The second-order valence-corrected chi connectivity index (χ2v) is 8.51. The summed E-state index contributed by atoms with van der Waals surface area (Å²) in [7, 11) is 0. The molecule has 1 fully saturated rings. The van der Waals surface area contributed by atoms with E-state index in [4.69, 9.17) is 9.15 Å². The number of hydrogen-bond donors (Lipinski definition) is 1. The molecule has 2 aliphatic heterocycles. The van der Waals surface area contributed by atoms with E-state index < -0.39 is 23.5 Å². The van der Waals surface area contributed by atoms with Crippen LogP contribution < -0.4 is 0 Å². The fourth-order valence-corrected chi connectivity index (χ4v) is 4.51. The van der Waals surface area contributed by atoms with Crippen LogP contribution in [-0.4, -0.2) is 66.0 Å². The minimum atomic E-state index is -0.681. The summed E-state index contributed by atoms with van der Waals surface area (Å²) in [5.41, 5.74) is 2.49. The Morgan fingerprint density at radius 1 is 1.06 bits per heavy atom. The van der Waals surface area contributed by atoms with E-state index in [-0.39, 0.29) is 11.3 Å². The van der Waals surface area contributed by atoms with Crippen molar-refractivity contribution >= 4 is 22.7 Å². The van der Waals surface area contributed by atoms with E-state index in [9.17, 15) is 14.7 Å². The van der Waals surface area contributed by atoms with Crippen LogP contribution in [0.4, 0.5) is 0 Å². The lowest BCUT2D eigenvalue weighted by Crippen LogP contribution is -2.43. The number of aryl methyl sites for hydroxylation is 1. The first-order chi connectivity index (χ1) is 16.0. The van der Waals surface area contributed by atoms with Crippen LogP contribution in [0, 0.1) is 6.92 Å². The molecule has 0 bridgehead atoms. The maximum absolute atomic E-state index is 13.6. The normalized spacial score (nSPS) is 19.6. The standard InChI is InChI=1S/C26H26N2O5/c1-17-6-8-18(9-7-17)23-22(24(29)21-16-19-4-2-3-5-20(19)33-21)25(30)26(31)28(23)11-10-27-12-14-32-15-13-27/h2-9,16,23,30H,10-15H2,1H3/t23-/m1/s1. The van der Waals surface area contributed by atoms with Crippen molar-refractivity contribution in [1.82, 2.24) is 9.80 Å². The smallest absolute Gasteiger partial charge is 0.290 e. The van der Waals surface area contributed by atoms with E-state index >= 15 is 0 Å². The third-order valence-electron chi connectivity index (χ3n) is 6.35. The molecule has 2 aromatic carbocycles. The van der Waals surface area contributed by atoms with Crippen LogP contribution in [0.5, 0.6) is 0 Å². The number of ether oxygens (including phenoxy) is 1. The number of nitrogens with zero attached hydrogens (tertiary/aromatic N) is 2. The molecule has 1 N–H and O–H groups in total. The number of fused-ring (bicyclic) bond motifs is 1. The third kappa shape index (κ3) is 4.05. The van der Waals surface area contributed by atoms with E-state index in [0.29, 0.717) is 31.9 Å². The molecule has 33 heavy (non-hydrogen) atoms. The summed E-state index contributed by atoms with van der Waals surface area (Å²) >= 11 is 0. The summed E-state index contributed by atoms with van der Waals surface area (Å²) in [5.74, 6) is -1.41. The number of para-hydroxylation sites is 1. The van der Waals surface area contributed by atoms with Gasteiger partial charge in [0.1, 0.15) is 5.58 Å². The zero-order valence-electron chi connectivity index (χ0n) is 18.5. The van der Waals surface area contributed by atoms with Crippen LogP contribution in [0.3, 0.4) is 0 Å². The van der Waals surface area contributed by atoms with Crippen LogP contribution in [-0.2, 0) is 9.53 Å². The van der Waals surface area contributed by atoms with Gasteiger partial charge >= 0.3 is 0 Å². The third-order valence-corrected chi connectivity index (χ3v) is 6.35. The molecular formula is C26H26N2O5. The van der Waals surface area contributed by atoms with Crippen molar-refractivity contribution in [2.24, 2.45) is 0 Å². The summed E-state index contributed by atoms with van der Waals surface area (Å²) in [6.07, 6.45) is 0. The zero-order valence-corrected chi connectivity index (χ0v) is 18.5. The number of aliphatic hydroxyl groups is 1. The number of hydrogen-bond acceptors (Lipinski definition) is 6. The first-order valence-electron chi connectivity index (χ1n) is 11.2. The molecule has 3 heterocycles. The number of ketones is 1. The lowest BCUT2D eigenvalue weighted by Gasteiger charge is -2.31. The Balaban J connectivity index is 1.50. The van der Waals surface area contributed by atoms with Gasteiger partial charge in [-0.05, 0) is 24.6 Å². The van der Waals surface area contributed by atoms with E-state index in [1.54, 1.807) is 17.0 Å². The topological polar surface area (TPSA) is 83.2 Å². The molecule has 0 radical (unpaired) electrons. The Hall–Kier alpha value is -3.42. The first-order valence-corrected chi connectivity index (χ1v) is 11.2. The Morgan fingerprint density at radius 2 is 1.79 bits per heavy atom. The molecule has 7 nitrogen and oxygen atoms in total. The number of furan rings is 1. The predicted molar refractivity (Wildman–Crippen MR) is 123 cm³/mol. The van der Waals surface area contributed by atoms with Crippen LogP contribution >= 0.6 is 0 Å².